The van der Waals surface area contributed by atoms with E-state index in [0.717, 1.165) is 12.1 Å². The second-order valence-electron chi connectivity index (χ2n) is 4.95. The number of hydrogen-bond donors (Lipinski definition) is 1. The molecule has 1 amide bonds. The Balaban J connectivity index is 2.23. The molecule has 0 fully saturated rings. The number of ketones is 1. The average molecular weight is 332 g/mol. The largest absolute Gasteiger partial charge is 0.489 e. The van der Waals surface area contributed by atoms with Crippen molar-refractivity contribution in [1.29, 1.82) is 0 Å². The maximum absolute atomic E-state index is 13.7. The first-order valence-electron chi connectivity index (χ1n) is 6.80. The first-order valence-corrected chi connectivity index (χ1v) is 6.80. The molecule has 124 valence electrons. The lowest BCUT2D eigenvalue weighted by molar-refractivity contribution is -0.385. The molecule has 0 spiro atoms. The molecule has 2 rings (SSSR count). The molecule has 0 aliphatic heterocycles. The maximum Gasteiger partial charge on any atom is 0.276 e. The van der Waals surface area contributed by atoms with Crippen molar-refractivity contribution in [3.63, 3.8) is 0 Å². The summed E-state index contributed by atoms with van der Waals surface area (Å²) >= 11 is 0. The number of nitrogens with two attached hydrogens (primary N) is 1. The van der Waals surface area contributed by atoms with Crippen molar-refractivity contribution in [1.82, 2.24) is 0 Å². The van der Waals surface area contributed by atoms with Gasteiger partial charge in [0.2, 0.25) is 5.91 Å². The number of amides is 1. The van der Waals surface area contributed by atoms with E-state index in [2.05, 4.69) is 0 Å². The number of hydrogen-bond acceptors (Lipinski definition) is 5. The minimum Gasteiger partial charge on any atom is -0.489 e. The molecule has 2 N–H and O–H groups in total. The molecule has 0 aliphatic rings. The molecule has 24 heavy (non-hydrogen) atoms. The van der Waals surface area contributed by atoms with Gasteiger partial charge in [-0.3, -0.25) is 19.7 Å². The number of benzene rings is 2. The Morgan fingerprint density at radius 3 is 2.50 bits per heavy atom. The third-order valence-corrected chi connectivity index (χ3v) is 3.28. The van der Waals surface area contributed by atoms with Gasteiger partial charge in [-0.25, -0.2) is 4.39 Å². The summed E-state index contributed by atoms with van der Waals surface area (Å²) in [7, 11) is 0. The van der Waals surface area contributed by atoms with E-state index < -0.39 is 22.4 Å². The first-order chi connectivity index (χ1) is 11.3. The predicted octanol–water partition coefficient (Wildman–Crippen LogP) is 2.61. The Kier molecular flexibility index (Phi) is 4.88. The smallest absolute Gasteiger partial charge is 0.276 e. The molecular weight excluding hydrogens is 319 g/mol. The number of rotatable bonds is 6. The summed E-state index contributed by atoms with van der Waals surface area (Å²) < 4.78 is 19.0. The zero-order valence-electron chi connectivity index (χ0n) is 12.6. The Bertz CT molecular complexity index is 835. The van der Waals surface area contributed by atoms with Crippen LogP contribution in [0.1, 0.15) is 33.2 Å². The molecule has 0 aromatic heterocycles. The monoisotopic (exact) mass is 332 g/mol. The van der Waals surface area contributed by atoms with Gasteiger partial charge in [0.05, 0.1) is 16.1 Å². The van der Waals surface area contributed by atoms with Crippen LogP contribution in [0.5, 0.6) is 5.75 Å². The van der Waals surface area contributed by atoms with Gasteiger partial charge in [-0.05, 0) is 31.2 Å². The quantitative estimate of drug-likeness (QED) is 0.496. The molecule has 0 saturated heterocycles. The molecule has 0 saturated carbocycles. The molecule has 0 bridgehead atoms. The third kappa shape index (κ3) is 3.72. The van der Waals surface area contributed by atoms with Crippen LogP contribution in [0.25, 0.3) is 0 Å². The number of Topliss-reactive ketones (excluding diaryl/α,β-unsaturated/α-hetero) is 1. The number of ether oxygens (including phenoxy) is 1. The normalized spacial score (nSPS) is 10.2. The van der Waals surface area contributed by atoms with E-state index in [1.807, 2.05) is 0 Å². The second-order valence-corrected chi connectivity index (χ2v) is 4.95. The zero-order valence-corrected chi connectivity index (χ0v) is 12.6. The van der Waals surface area contributed by atoms with E-state index in [9.17, 15) is 24.1 Å². The van der Waals surface area contributed by atoms with Gasteiger partial charge in [0.15, 0.2) is 5.78 Å². The first kappa shape index (κ1) is 17.1. The van der Waals surface area contributed by atoms with Crippen molar-refractivity contribution in [3.05, 3.63) is 69.0 Å². The number of nitro groups is 1. The highest BCUT2D eigenvalue weighted by Gasteiger charge is 2.17. The Hall–Kier alpha value is -3.29. The summed E-state index contributed by atoms with van der Waals surface area (Å²) in [5.41, 5.74) is 4.89. The van der Waals surface area contributed by atoms with Crippen LogP contribution in [0, 0.1) is 15.9 Å². The van der Waals surface area contributed by atoms with Crippen LogP contribution in [0.2, 0.25) is 0 Å². The molecule has 0 heterocycles. The lowest BCUT2D eigenvalue weighted by atomic mass is 10.1. The van der Waals surface area contributed by atoms with E-state index in [4.69, 9.17) is 10.5 Å². The van der Waals surface area contributed by atoms with Crippen molar-refractivity contribution in [3.8, 4) is 5.75 Å². The summed E-state index contributed by atoms with van der Waals surface area (Å²) in [6, 6.07) is 7.44. The molecule has 0 radical (unpaired) electrons. The number of carbonyl (C=O) groups excluding carboxylic acids is 2. The third-order valence-electron chi connectivity index (χ3n) is 3.28. The molecule has 7 nitrogen and oxygen atoms in total. The summed E-state index contributed by atoms with van der Waals surface area (Å²) in [6.07, 6.45) is 0. The molecule has 0 aliphatic carbocycles. The Morgan fingerprint density at radius 2 is 1.96 bits per heavy atom. The Morgan fingerprint density at radius 1 is 1.25 bits per heavy atom. The van der Waals surface area contributed by atoms with Gasteiger partial charge in [0.25, 0.3) is 5.69 Å². The molecule has 2 aromatic carbocycles. The SMILES string of the molecule is CC(=O)c1ccc(OCc2ccc(C(N)=O)cc2[N+](=O)[O-])cc1F. The standard InChI is InChI=1S/C16H13FN2O5/c1-9(20)13-5-4-12(7-14(13)17)24-8-11-3-2-10(16(18)21)6-15(11)19(22)23/h2-7H,8H2,1H3,(H2,18,21). The van der Waals surface area contributed by atoms with Crippen LogP contribution in [0.4, 0.5) is 10.1 Å². The highest BCUT2D eigenvalue weighted by molar-refractivity contribution is 5.94. The molecular formula is C16H13FN2O5. The number of primary amides is 1. The van der Waals surface area contributed by atoms with Crippen molar-refractivity contribution < 1.29 is 23.6 Å². The van der Waals surface area contributed by atoms with Crippen LogP contribution in [-0.2, 0) is 6.61 Å². The lowest BCUT2D eigenvalue weighted by Crippen LogP contribution is -2.12. The van der Waals surface area contributed by atoms with Gasteiger partial charge in [0, 0.05) is 17.7 Å². The van der Waals surface area contributed by atoms with Gasteiger partial charge in [-0.15, -0.1) is 0 Å². The van der Waals surface area contributed by atoms with E-state index in [1.165, 1.54) is 31.2 Å². The molecule has 8 heteroatoms. The molecule has 2 aromatic rings. The van der Waals surface area contributed by atoms with Gasteiger partial charge in [-0.2, -0.15) is 0 Å². The fourth-order valence-electron chi connectivity index (χ4n) is 2.04. The summed E-state index contributed by atoms with van der Waals surface area (Å²) in [6.45, 7) is 1.02. The summed E-state index contributed by atoms with van der Waals surface area (Å²) in [5, 5.41) is 11.1. The minimum absolute atomic E-state index is 0.00213. The maximum atomic E-state index is 13.7. The molecule has 0 unspecified atom stereocenters. The topological polar surface area (TPSA) is 113 Å². The van der Waals surface area contributed by atoms with Gasteiger partial charge < -0.3 is 10.5 Å². The van der Waals surface area contributed by atoms with E-state index >= 15 is 0 Å². The zero-order chi connectivity index (χ0) is 17.9. The number of halogens is 1. The molecule has 0 atom stereocenters. The number of carbonyl (C=O) groups is 2. The number of nitrogens with zero attached hydrogens (tertiary/aromatic N) is 1. The fraction of sp³-hybridized carbons (Fsp3) is 0.125. The van der Waals surface area contributed by atoms with E-state index in [1.54, 1.807) is 0 Å². The van der Waals surface area contributed by atoms with E-state index in [0.29, 0.717) is 0 Å². The highest BCUT2D eigenvalue weighted by atomic mass is 19.1. The van der Waals surface area contributed by atoms with Crippen LogP contribution in [0.3, 0.4) is 0 Å². The fourth-order valence-corrected chi connectivity index (χ4v) is 2.04. The van der Waals surface area contributed by atoms with Crippen LogP contribution >= 0.6 is 0 Å². The summed E-state index contributed by atoms with van der Waals surface area (Å²) in [4.78, 5) is 32.7. The van der Waals surface area contributed by atoms with Crippen LogP contribution in [0.15, 0.2) is 36.4 Å². The van der Waals surface area contributed by atoms with Crippen molar-refractivity contribution >= 4 is 17.4 Å². The van der Waals surface area contributed by atoms with Crippen molar-refractivity contribution in [2.45, 2.75) is 13.5 Å². The average Bonchev–Trinajstić information content (AvgIpc) is 2.52. The predicted molar refractivity (Wildman–Crippen MR) is 82.4 cm³/mol. The van der Waals surface area contributed by atoms with Gasteiger partial charge in [0.1, 0.15) is 18.2 Å². The van der Waals surface area contributed by atoms with E-state index in [-0.39, 0.29) is 34.7 Å². The second kappa shape index (κ2) is 6.86. The summed E-state index contributed by atoms with van der Waals surface area (Å²) in [5.74, 6) is -1.83. The van der Waals surface area contributed by atoms with Gasteiger partial charge >= 0.3 is 0 Å². The lowest BCUT2D eigenvalue weighted by Gasteiger charge is -2.08. The van der Waals surface area contributed by atoms with Crippen molar-refractivity contribution in [2.24, 2.45) is 5.73 Å². The van der Waals surface area contributed by atoms with Crippen LogP contribution < -0.4 is 10.5 Å². The van der Waals surface area contributed by atoms with Crippen molar-refractivity contribution in [2.75, 3.05) is 0 Å². The van der Waals surface area contributed by atoms with Gasteiger partial charge in [-0.1, -0.05) is 0 Å². The number of nitro benzene ring substituents is 1. The Labute approximate surface area is 136 Å². The minimum atomic E-state index is -0.785. The van der Waals surface area contributed by atoms with Crippen LogP contribution in [-0.4, -0.2) is 16.6 Å². The highest BCUT2D eigenvalue weighted by Crippen LogP contribution is 2.23.